The second kappa shape index (κ2) is 7.32. The van der Waals surface area contributed by atoms with Crippen LogP contribution >= 0.6 is 0 Å². The van der Waals surface area contributed by atoms with Crippen LogP contribution in [0.3, 0.4) is 0 Å². The van der Waals surface area contributed by atoms with Crippen molar-refractivity contribution in [1.82, 2.24) is 15.3 Å². The van der Waals surface area contributed by atoms with E-state index in [4.69, 9.17) is 9.72 Å². The predicted octanol–water partition coefficient (Wildman–Crippen LogP) is 2.97. The first-order chi connectivity index (χ1) is 10.4. The van der Waals surface area contributed by atoms with Crippen molar-refractivity contribution in [3.8, 4) is 0 Å². The van der Waals surface area contributed by atoms with Crippen molar-refractivity contribution in [1.29, 1.82) is 0 Å². The smallest absolute Gasteiger partial charge is 0.131 e. The molecule has 0 saturated carbocycles. The zero-order valence-electron chi connectivity index (χ0n) is 13.1. The number of fused-ring (bicyclic) bond motifs is 1. The highest BCUT2D eigenvalue weighted by molar-refractivity contribution is 5.24. The first kappa shape index (κ1) is 14.9. The first-order valence-corrected chi connectivity index (χ1v) is 8.56. The number of aryl methyl sites for hydroxylation is 1. The molecule has 2 unspecified atom stereocenters. The Morgan fingerprint density at radius 3 is 3.05 bits per heavy atom. The molecule has 116 valence electrons. The van der Waals surface area contributed by atoms with Gasteiger partial charge in [0.1, 0.15) is 5.82 Å². The van der Waals surface area contributed by atoms with E-state index < -0.39 is 0 Å². The zero-order valence-corrected chi connectivity index (χ0v) is 13.1. The minimum Gasteiger partial charge on any atom is -0.378 e. The normalized spacial score (nSPS) is 25.6. The van der Waals surface area contributed by atoms with Crippen LogP contribution in [0.25, 0.3) is 0 Å². The SMILES string of the molecule is CCCNC1CCCc2nc(CC3CCCCO3)ncc21. The minimum atomic E-state index is 0.328. The fourth-order valence-electron chi connectivity index (χ4n) is 3.39. The summed E-state index contributed by atoms with van der Waals surface area (Å²) in [7, 11) is 0. The molecule has 1 fully saturated rings. The summed E-state index contributed by atoms with van der Waals surface area (Å²) in [5, 5.41) is 3.62. The van der Waals surface area contributed by atoms with E-state index in [0.29, 0.717) is 12.1 Å². The number of ether oxygens (including phenoxy) is 1. The maximum Gasteiger partial charge on any atom is 0.131 e. The second-order valence-corrected chi connectivity index (χ2v) is 6.28. The van der Waals surface area contributed by atoms with E-state index in [2.05, 4.69) is 23.4 Å². The highest BCUT2D eigenvalue weighted by atomic mass is 16.5. The van der Waals surface area contributed by atoms with Crippen LogP contribution in [-0.4, -0.2) is 29.2 Å². The van der Waals surface area contributed by atoms with Crippen LogP contribution in [0.5, 0.6) is 0 Å². The maximum absolute atomic E-state index is 5.81. The van der Waals surface area contributed by atoms with E-state index in [-0.39, 0.29) is 0 Å². The quantitative estimate of drug-likeness (QED) is 0.905. The molecule has 0 amide bonds. The molecule has 1 aliphatic heterocycles. The van der Waals surface area contributed by atoms with Crippen LogP contribution in [0, 0.1) is 0 Å². The Kier molecular flexibility index (Phi) is 5.20. The first-order valence-electron chi connectivity index (χ1n) is 8.56. The van der Waals surface area contributed by atoms with Gasteiger partial charge in [0.05, 0.1) is 6.10 Å². The third kappa shape index (κ3) is 3.80. The van der Waals surface area contributed by atoms with Gasteiger partial charge in [-0.2, -0.15) is 0 Å². The molecule has 3 rings (SSSR count). The third-order valence-corrected chi connectivity index (χ3v) is 4.56. The molecule has 0 bridgehead atoms. The van der Waals surface area contributed by atoms with Gasteiger partial charge < -0.3 is 10.1 Å². The molecule has 0 aromatic carbocycles. The van der Waals surface area contributed by atoms with Crippen LogP contribution in [-0.2, 0) is 17.6 Å². The van der Waals surface area contributed by atoms with Crippen molar-refractivity contribution in [2.24, 2.45) is 0 Å². The average molecular weight is 289 g/mol. The third-order valence-electron chi connectivity index (χ3n) is 4.56. The van der Waals surface area contributed by atoms with Crippen molar-refractivity contribution in [3.63, 3.8) is 0 Å². The standard InChI is InChI=1S/C17H27N3O/c1-2-9-18-15-7-5-8-16-14(15)12-19-17(20-16)11-13-6-3-4-10-21-13/h12-13,15,18H,2-11H2,1H3. The molecule has 21 heavy (non-hydrogen) atoms. The molecule has 0 spiro atoms. The molecule has 1 aliphatic carbocycles. The van der Waals surface area contributed by atoms with Gasteiger partial charge in [-0.05, 0) is 51.5 Å². The van der Waals surface area contributed by atoms with Crippen LogP contribution in [0.15, 0.2) is 6.20 Å². The number of rotatable bonds is 5. The summed E-state index contributed by atoms with van der Waals surface area (Å²) in [5.74, 6) is 0.969. The van der Waals surface area contributed by atoms with E-state index in [9.17, 15) is 0 Å². The average Bonchev–Trinajstić information content (AvgIpc) is 2.53. The van der Waals surface area contributed by atoms with E-state index in [1.807, 2.05) is 0 Å². The van der Waals surface area contributed by atoms with Crippen LogP contribution in [0.1, 0.15) is 68.6 Å². The summed E-state index contributed by atoms with van der Waals surface area (Å²) < 4.78 is 5.81. The molecule has 1 saturated heterocycles. The van der Waals surface area contributed by atoms with Crippen LogP contribution in [0.2, 0.25) is 0 Å². The molecule has 4 nitrogen and oxygen atoms in total. The highest BCUT2D eigenvalue weighted by Crippen LogP contribution is 2.28. The van der Waals surface area contributed by atoms with Gasteiger partial charge in [0.25, 0.3) is 0 Å². The Bertz CT molecular complexity index is 457. The maximum atomic E-state index is 5.81. The fraction of sp³-hybridized carbons (Fsp3) is 0.765. The van der Waals surface area contributed by atoms with Crippen LogP contribution < -0.4 is 5.32 Å². The zero-order chi connectivity index (χ0) is 14.5. The largest absolute Gasteiger partial charge is 0.378 e. The van der Waals surface area contributed by atoms with Crippen molar-refractivity contribution in [3.05, 3.63) is 23.3 Å². The van der Waals surface area contributed by atoms with Gasteiger partial charge >= 0.3 is 0 Å². The molecule has 0 radical (unpaired) electrons. The molecule has 1 aromatic rings. The van der Waals surface area contributed by atoms with Gasteiger partial charge in [-0.15, -0.1) is 0 Å². The molecular weight excluding hydrogens is 262 g/mol. The van der Waals surface area contributed by atoms with Gasteiger partial charge in [0, 0.05) is 36.5 Å². The van der Waals surface area contributed by atoms with Crippen molar-refractivity contribution >= 4 is 0 Å². The molecule has 2 aliphatic rings. The monoisotopic (exact) mass is 289 g/mol. The molecule has 2 heterocycles. The Balaban J connectivity index is 1.68. The van der Waals surface area contributed by atoms with Crippen molar-refractivity contribution < 1.29 is 4.74 Å². The summed E-state index contributed by atoms with van der Waals surface area (Å²) in [6, 6.07) is 0.452. The molecule has 1 N–H and O–H groups in total. The lowest BCUT2D eigenvalue weighted by atomic mass is 9.92. The topological polar surface area (TPSA) is 47.0 Å². The van der Waals surface area contributed by atoms with Crippen molar-refractivity contribution in [2.75, 3.05) is 13.2 Å². The highest BCUT2D eigenvalue weighted by Gasteiger charge is 2.22. The Morgan fingerprint density at radius 2 is 2.24 bits per heavy atom. The number of nitrogens with one attached hydrogen (secondary N) is 1. The van der Waals surface area contributed by atoms with E-state index >= 15 is 0 Å². The molecule has 4 heteroatoms. The van der Waals surface area contributed by atoms with E-state index in [1.54, 1.807) is 0 Å². The van der Waals surface area contributed by atoms with E-state index in [0.717, 1.165) is 38.2 Å². The minimum absolute atomic E-state index is 0.328. The molecule has 2 atom stereocenters. The summed E-state index contributed by atoms with van der Waals surface area (Å²) in [4.78, 5) is 9.45. The lowest BCUT2D eigenvalue weighted by Gasteiger charge is -2.26. The van der Waals surface area contributed by atoms with E-state index in [1.165, 1.54) is 43.4 Å². The molecular formula is C17H27N3O. The number of aromatic nitrogens is 2. The summed E-state index contributed by atoms with van der Waals surface area (Å²) in [6.45, 7) is 4.18. The van der Waals surface area contributed by atoms with Gasteiger partial charge in [-0.1, -0.05) is 6.92 Å². The van der Waals surface area contributed by atoms with Gasteiger partial charge in [0.15, 0.2) is 0 Å². The Hall–Kier alpha value is -1.00. The number of nitrogens with zero attached hydrogens (tertiary/aromatic N) is 2. The summed E-state index contributed by atoms with van der Waals surface area (Å²) >= 11 is 0. The second-order valence-electron chi connectivity index (χ2n) is 6.28. The van der Waals surface area contributed by atoms with Crippen molar-refractivity contribution in [2.45, 2.75) is 70.4 Å². The lowest BCUT2D eigenvalue weighted by Crippen LogP contribution is -2.28. The van der Waals surface area contributed by atoms with Gasteiger partial charge in [-0.3, -0.25) is 0 Å². The summed E-state index contributed by atoms with van der Waals surface area (Å²) in [5.41, 5.74) is 2.58. The fourth-order valence-corrected chi connectivity index (χ4v) is 3.39. The van der Waals surface area contributed by atoms with Gasteiger partial charge in [0.2, 0.25) is 0 Å². The Labute approximate surface area is 127 Å². The van der Waals surface area contributed by atoms with Crippen LogP contribution in [0.4, 0.5) is 0 Å². The van der Waals surface area contributed by atoms with Gasteiger partial charge in [-0.25, -0.2) is 9.97 Å². The number of hydrogen-bond acceptors (Lipinski definition) is 4. The predicted molar refractivity (Wildman–Crippen MR) is 83.3 cm³/mol. The lowest BCUT2D eigenvalue weighted by molar-refractivity contribution is 0.0156. The summed E-state index contributed by atoms with van der Waals surface area (Å²) in [6.07, 6.45) is 11.6. The Morgan fingerprint density at radius 1 is 1.29 bits per heavy atom. The number of hydrogen-bond donors (Lipinski definition) is 1. The molecule has 1 aromatic heterocycles.